The predicted molar refractivity (Wildman–Crippen MR) is 70.5 cm³/mol. The number of hydrogen-bond acceptors (Lipinski definition) is 2. The molecule has 0 amide bonds. The largest absolute Gasteiger partial charge is 0.250 e. The van der Waals surface area contributed by atoms with Gasteiger partial charge in [0.25, 0.3) is 0 Å². The van der Waals surface area contributed by atoms with Gasteiger partial charge in [-0.1, -0.05) is 29.8 Å². The second-order valence-electron chi connectivity index (χ2n) is 3.90. The molecular formula is C13H14ClNS. The van der Waals surface area contributed by atoms with Crippen LogP contribution in [0.3, 0.4) is 0 Å². The molecule has 3 heteroatoms. The Hall–Kier alpha value is -0.860. The van der Waals surface area contributed by atoms with E-state index in [1.165, 1.54) is 11.1 Å². The maximum absolute atomic E-state index is 6.05. The summed E-state index contributed by atoms with van der Waals surface area (Å²) in [5.41, 5.74) is 2.59. The van der Waals surface area contributed by atoms with Crippen LogP contribution in [0.5, 0.6) is 0 Å². The summed E-state index contributed by atoms with van der Waals surface area (Å²) in [5, 5.41) is 3.17. The first-order chi connectivity index (χ1) is 7.79. The zero-order chi connectivity index (χ0) is 11.4. The van der Waals surface area contributed by atoms with Crippen molar-refractivity contribution in [2.45, 2.75) is 19.3 Å². The number of aryl methyl sites for hydroxylation is 1. The molecule has 1 nitrogen and oxygen atoms in total. The van der Waals surface area contributed by atoms with Crippen molar-refractivity contribution in [1.29, 1.82) is 0 Å². The van der Waals surface area contributed by atoms with E-state index in [2.05, 4.69) is 36.2 Å². The molecule has 1 atom stereocenters. The molecule has 0 spiro atoms. The lowest BCUT2D eigenvalue weighted by Crippen LogP contribution is -2.04. The van der Waals surface area contributed by atoms with Gasteiger partial charge in [-0.3, -0.25) is 0 Å². The van der Waals surface area contributed by atoms with Crippen molar-refractivity contribution in [3.05, 3.63) is 52.0 Å². The highest BCUT2D eigenvalue weighted by atomic mass is 35.5. The van der Waals surface area contributed by atoms with Crippen LogP contribution in [0, 0.1) is 6.92 Å². The van der Waals surface area contributed by atoms with Gasteiger partial charge >= 0.3 is 0 Å². The molecule has 0 saturated carbocycles. The van der Waals surface area contributed by atoms with E-state index in [1.54, 1.807) is 11.3 Å². The minimum atomic E-state index is 0.368. The number of benzene rings is 1. The topological polar surface area (TPSA) is 12.9 Å². The molecule has 0 aliphatic rings. The average Bonchev–Trinajstić information content (AvgIpc) is 2.78. The molecule has 0 aliphatic heterocycles. The molecular weight excluding hydrogens is 238 g/mol. The summed E-state index contributed by atoms with van der Waals surface area (Å²) in [6.45, 7) is 2.11. The summed E-state index contributed by atoms with van der Waals surface area (Å²) in [7, 11) is 0. The van der Waals surface area contributed by atoms with Gasteiger partial charge in [0.1, 0.15) is 0 Å². The van der Waals surface area contributed by atoms with Gasteiger partial charge in [0, 0.05) is 29.8 Å². The summed E-state index contributed by atoms with van der Waals surface area (Å²) in [4.78, 5) is 4.31. The molecule has 1 aromatic heterocycles. The Morgan fingerprint density at radius 1 is 1.44 bits per heavy atom. The van der Waals surface area contributed by atoms with Crippen LogP contribution in [0.4, 0.5) is 0 Å². The third kappa shape index (κ3) is 2.83. The molecule has 0 saturated heterocycles. The molecule has 1 heterocycles. The van der Waals surface area contributed by atoms with E-state index in [0.29, 0.717) is 11.8 Å². The fourth-order valence-electron chi connectivity index (χ4n) is 1.75. The summed E-state index contributed by atoms with van der Waals surface area (Å²) in [6.07, 6.45) is 2.78. The smallest absolute Gasteiger partial charge is 0.0931 e. The van der Waals surface area contributed by atoms with Crippen LogP contribution in [-0.4, -0.2) is 10.9 Å². The average molecular weight is 252 g/mol. The molecule has 2 aromatic rings. The van der Waals surface area contributed by atoms with E-state index in [-0.39, 0.29) is 0 Å². The molecule has 0 aliphatic carbocycles. The Kier molecular flexibility index (Phi) is 3.97. The molecule has 0 fully saturated rings. The minimum Gasteiger partial charge on any atom is -0.250 e. The summed E-state index contributed by atoms with van der Waals surface area (Å²) in [5.74, 6) is 1.01. The number of thiazole rings is 1. The number of nitrogens with zero attached hydrogens (tertiary/aromatic N) is 1. The minimum absolute atomic E-state index is 0.368. The number of aromatic nitrogens is 1. The SMILES string of the molecule is Cc1cccc(C(CCl)Cc2nccs2)c1. The first-order valence-corrected chi connectivity index (χ1v) is 6.72. The van der Waals surface area contributed by atoms with Gasteiger partial charge in [-0.2, -0.15) is 0 Å². The van der Waals surface area contributed by atoms with E-state index in [4.69, 9.17) is 11.6 Å². The van der Waals surface area contributed by atoms with Crippen LogP contribution >= 0.6 is 22.9 Å². The van der Waals surface area contributed by atoms with Crippen LogP contribution in [0.15, 0.2) is 35.8 Å². The quantitative estimate of drug-likeness (QED) is 0.748. The molecule has 2 rings (SSSR count). The number of hydrogen-bond donors (Lipinski definition) is 0. The fourth-order valence-corrected chi connectivity index (χ4v) is 2.74. The highest BCUT2D eigenvalue weighted by Gasteiger charge is 2.12. The molecule has 1 unspecified atom stereocenters. The van der Waals surface area contributed by atoms with Crippen LogP contribution in [0.2, 0.25) is 0 Å². The lowest BCUT2D eigenvalue weighted by atomic mass is 9.96. The van der Waals surface area contributed by atoms with Gasteiger partial charge in [0.15, 0.2) is 0 Å². The third-order valence-electron chi connectivity index (χ3n) is 2.60. The predicted octanol–water partition coefficient (Wildman–Crippen LogP) is 4.02. The van der Waals surface area contributed by atoms with Gasteiger partial charge in [-0.25, -0.2) is 4.98 Å². The van der Waals surface area contributed by atoms with Crippen molar-refractivity contribution in [3.63, 3.8) is 0 Å². The molecule has 0 N–H and O–H groups in total. The standard InChI is InChI=1S/C13H14ClNS/c1-10-3-2-4-11(7-10)12(9-14)8-13-15-5-6-16-13/h2-7,12H,8-9H2,1H3. The Bertz CT molecular complexity index is 439. The highest BCUT2D eigenvalue weighted by molar-refractivity contribution is 7.09. The highest BCUT2D eigenvalue weighted by Crippen LogP contribution is 2.24. The summed E-state index contributed by atoms with van der Waals surface area (Å²) < 4.78 is 0. The monoisotopic (exact) mass is 251 g/mol. The van der Waals surface area contributed by atoms with Gasteiger partial charge < -0.3 is 0 Å². The number of rotatable bonds is 4. The molecule has 1 aromatic carbocycles. The van der Waals surface area contributed by atoms with Gasteiger partial charge in [0.2, 0.25) is 0 Å². The van der Waals surface area contributed by atoms with Crippen molar-refractivity contribution in [1.82, 2.24) is 4.98 Å². The normalized spacial score (nSPS) is 12.6. The van der Waals surface area contributed by atoms with Crippen molar-refractivity contribution in [2.75, 3.05) is 5.88 Å². The van der Waals surface area contributed by atoms with Gasteiger partial charge in [0.05, 0.1) is 5.01 Å². The van der Waals surface area contributed by atoms with Crippen LogP contribution in [0.1, 0.15) is 22.1 Å². The third-order valence-corrected chi connectivity index (χ3v) is 3.78. The van der Waals surface area contributed by atoms with Crippen molar-refractivity contribution < 1.29 is 0 Å². The van der Waals surface area contributed by atoms with Crippen molar-refractivity contribution >= 4 is 22.9 Å². The Labute approximate surface area is 105 Å². The molecule has 16 heavy (non-hydrogen) atoms. The van der Waals surface area contributed by atoms with Gasteiger partial charge in [-0.05, 0) is 12.5 Å². The first-order valence-electron chi connectivity index (χ1n) is 5.30. The lowest BCUT2D eigenvalue weighted by Gasteiger charge is -2.13. The van der Waals surface area contributed by atoms with E-state index < -0.39 is 0 Å². The fraction of sp³-hybridized carbons (Fsp3) is 0.308. The van der Waals surface area contributed by atoms with E-state index in [0.717, 1.165) is 11.4 Å². The zero-order valence-electron chi connectivity index (χ0n) is 9.19. The van der Waals surface area contributed by atoms with E-state index in [9.17, 15) is 0 Å². The van der Waals surface area contributed by atoms with Crippen LogP contribution in [-0.2, 0) is 6.42 Å². The summed E-state index contributed by atoms with van der Waals surface area (Å²) in [6, 6.07) is 8.55. The van der Waals surface area contributed by atoms with E-state index >= 15 is 0 Å². The zero-order valence-corrected chi connectivity index (χ0v) is 10.8. The second-order valence-corrected chi connectivity index (χ2v) is 5.18. The van der Waals surface area contributed by atoms with Gasteiger partial charge in [-0.15, -0.1) is 22.9 Å². The Morgan fingerprint density at radius 2 is 2.31 bits per heavy atom. The lowest BCUT2D eigenvalue weighted by molar-refractivity contribution is 0.760. The second kappa shape index (κ2) is 5.46. The number of halogens is 1. The Balaban J connectivity index is 2.16. The first kappa shape index (κ1) is 11.6. The summed E-state index contributed by atoms with van der Waals surface area (Å²) >= 11 is 7.74. The van der Waals surface area contributed by atoms with E-state index in [1.807, 2.05) is 11.6 Å². The maximum atomic E-state index is 6.05. The number of alkyl halides is 1. The molecule has 0 bridgehead atoms. The van der Waals surface area contributed by atoms with Crippen molar-refractivity contribution in [2.24, 2.45) is 0 Å². The molecule has 0 radical (unpaired) electrons. The maximum Gasteiger partial charge on any atom is 0.0931 e. The molecule has 84 valence electrons. The van der Waals surface area contributed by atoms with Crippen molar-refractivity contribution in [3.8, 4) is 0 Å². The van der Waals surface area contributed by atoms with Crippen LogP contribution in [0.25, 0.3) is 0 Å². The van der Waals surface area contributed by atoms with Crippen LogP contribution < -0.4 is 0 Å². The Morgan fingerprint density at radius 3 is 2.94 bits per heavy atom.